The number of carbonyl (C=O) groups excluding carboxylic acids is 1. The lowest BCUT2D eigenvalue weighted by Gasteiger charge is -1.97. The summed E-state index contributed by atoms with van der Waals surface area (Å²) in [4.78, 5) is 14.1. The summed E-state index contributed by atoms with van der Waals surface area (Å²) >= 11 is 0. The minimum absolute atomic E-state index is 0.611. The van der Waals surface area contributed by atoms with E-state index in [9.17, 15) is 13.6 Å². The van der Waals surface area contributed by atoms with Crippen molar-refractivity contribution >= 4 is 5.78 Å². The fourth-order valence-electron chi connectivity index (χ4n) is 0.749. The summed E-state index contributed by atoms with van der Waals surface area (Å²) in [6.07, 6.45) is 2.40. The molecule has 0 spiro atoms. The second-order valence-electron chi connectivity index (χ2n) is 2.05. The number of nitrogens with zero attached hydrogens (tertiary/aromatic N) is 1. The van der Waals surface area contributed by atoms with E-state index < -0.39 is 23.0 Å². The lowest BCUT2D eigenvalue weighted by atomic mass is 10.1. The van der Waals surface area contributed by atoms with E-state index in [2.05, 4.69) is 11.6 Å². The predicted octanol–water partition coefficient (Wildman–Crippen LogP) is 1.73. The summed E-state index contributed by atoms with van der Waals surface area (Å²) in [5.74, 6) is -2.73. The Bertz CT molecular complexity index is 316. The highest BCUT2D eigenvalue weighted by Gasteiger charge is 2.14. The van der Waals surface area contributed by atoms with Crippen LogP contribution in [0.25, 0.3) is 0 Å². The molecule has 1 aromatic rings. The quantitative estimate of drug-likeness (QED) is 0.498. The van der Waals surface area contributed by atoms with Gasteiger partial charge in [-0.15, -0.1) is 0 Å². The molecular formula is C8H5F2NO. The van der Waals surface area contributed by atoms with Crippen molar-refractivity contribution in [1.82, 2.24) is 4.98 Å². The number of rotatable bonds is 2. The van der Waals surface area contributed by atoms with Crippen molar-refractivity contribution in [1.29, 1.82) is 0 Å². The molecule has 0 unspecified atom stereocenters. The highest BCUT2D eigenvalue weighted by molar-refractivity contribution is 6.04. The Morgan fingerprint density at radius 1 is 1.42 bits per heavy atom. The maximum Gasteiger partial charge on any atom is 0.191 e. The highest BCUT2D eigenvalue weighted by atomic mass is 19.1. The molecular weight excluding hydrogens is 164 g/mol. The van der Waals surface area contributed by atoms with Gasteiger partial charge in [0.25, 0.3) is 0 Å². The van der Waals surface area contributed by atoms with Crippen molar-refractivity contribution in [3.63, 3.8) is 0 Å². The molecule has 1 rings (SSSR count). The summed E-state index contributed by atoms with van der Waals surface area (Å²) in [5, 5.41) is 0. The maximum absolute atomic E-state index is 12.7. The molecule has 0 radical (unpaired) electrons. The number of hydrogen-bond acceptors (Lipinski definition) is 2. The molecule has 62 valence electrons. The van der Waals surface area contributed by atoms with Crippen molar-refractivity contribution < 1.29 is 13.6 Å². The molecule has 0 atom stereocenters. The fourth-order valence-corrected chi connectivity index (χ4v) is 0.749. The molecule has 0 aliphatic heterocycles. The van der Waals surface area contributed by atoms with E-state index >= 15 is 0 Å². The predicted molar refractivity (Wildman–Crippen MR) is 38.7 cm³/mol. The van der Waals surface area contributed by atoms with Gasteiger partial charge in [-0.2, -0.15) is 0 Å². The zero-order chi connectivity index (χ0) is 9.14. The molecule has 1 heterocycles. The van der Waals surface area contributed by atoms with E-state index in [0.717, 1.165) is 18.5 Å². The zero-order valence-corrected chi connectivity index (χ0v) is 6.05. The van der Waals surface area contributed by atoms with Crippen LogP contribution in [0.2, 0.25) is 0 Å². The molecule has 0 fully saturated rings. The summed E-state index contributed by atoms with van der Waals surface area (Å²) < 4.78 is 25.4. The third-order valence-electron chi connectivity index (χ3n) is 1.29. The van der Waals surface area contributed by atoms with Crippen LogP contribution in [0.4, 0.5) is 8.78 Å². The Balaban J connectivity index is 3.30. The molecule has 0 saturated heterocycles. The van der Waals surface area contributed by atoms with Crippen molar-refractivity contribution in [2.24, 2.45) is 0 Å². The number of carbonyl (C=O) groups is 1. The molecule has 2 nitrogen and oxygen atoms in total. The normalized spacial score (nSPS) is 9.50. The van der Waals surface area contributed by atoms with Crippen molar-refractivity contribution in [3.8, 4) is 0 Å². The van der Waals surface area contributed by atoms with E-state index in [4.69, 9.17) is 0 Å². The average molecular weight is 169 g/mol. The molecule has 0 aromatic carbocycles. The second kappa shape index (κ2) is 3.21. The van der Waals surface area contributed by atoms with E-state index in [-0.39, 0.29) is 0 Å². The molecule has 0 amide bonds. The van der Waals surface area contributed by atoms with Crippen LogP contribution in [0, 0.1) is 11.6 Å². The van der Waals surface area contributed by atoms with E-state index in [1.807, 2.05) is 0 Å². The first kappa shape index (κ1) is 8.52. The van der Waals surface area contributed by atoms with Gasteiger partial charge in [-0.05, 0) is 6.08 Å². The fraction of sp³-hybridized carbons (Fsp3) is 0. The zero-order valence-electron chi connectivity index (χ0n) is 6.05. The van der Waals surface area contributed by atoms with Crippen LogP contribution < -0.4 is 0 Å². The molecule has 12 heavy (non-hydrogen) atoms. The van der Waals surface area contributed by atoms with Gasteiger partial charge in [-0.25, -0.2) is 8.78 Å². The second-order valence-corrected chi connectivity index (χ2v) is 2.05. The molecule has 0 aliphatic rings. The average Bonchev–Trinajstić information content (AvgIpc) is 2.03. The lowest BCUT2D eigenvalue weighted by Crippen LogP contribution is -2.03. The number of aromatic nitrogens is 1. The SMILES string of the molecule is C=CC(=O)c1c(F)cncc1F. The molecule has 0 N–H and O–H groups in total. The van der Waals surface area contributed by atoms with Gasteiger partial charge in [0, 0.05) is 0 Å². The van der Waals surface area contributed by atoms with E-state index in [1.165, 1.54) is 0 Å². The first-order valence-electron chi connectivity index (χ1n) is 3.12. The molecule has 0 bridgehead atoms. The van der Waals surface area contributed by atoms with Crippen LogP contribution in [0.1, 0.15) is 10.4 Å². The summed E-state index contributed by atoms with van der Waals surface area (Å²) in [6, 6.07) is 0. The number of hydrogen-bond donors (Lipinski definition) is 0. The Kier molecular flexibility index (Phi) is 2.28. The topological polar surface area (TPSA) is 30.0 Å². The Morgan fingerprint density at radius 2 is 1.92 bits per heavy atom. The van der Waals surface area contributed by atoms with Crippen LogP contribution >= 0.6 is 0 Å². The van der Waals surface area contributed by atoms with Crippen LogP contribution in [-0.2, 0) is 0 Å². The Labute approximate surface area is 67.5 Å². The number of ketones is 1. The lowest BCUT2D eigenvalue weighted by molar-refractivity contribution is 0.103. The van der Waals surface area contributed by atoms with Crippen LogP contribution in [0.15, 0.2) is 25.0 Å². The first-order valence-corrected chi connectivity index (χ1v) is 3.12. The van der Waals surface area contributed by atoms with E-state index in [1.54, 1.807) is 0 Å². The van der Waals surface area contributed by atoms with Gasteiger partial charge >= 0.3 is 0 Å². The molecule has 0 saturated carbocycles. The monoisotopic (exact) mass is 169 g/mol. The van der Waals surface area contributed by atoms with Crippen LogP contribution in [-0.4, -0.2) is 10.8 Å². The minimum atomic E-state index is -0.972. The Hall–Kier alpha value is -1.58. The summed E-state index contributed by atoms with van der Waals surface area (Å²) in [6.45, 7) is 3.12. The van der Waals surface area contributed by atoms with Crippen LogP contribution in [0.5, 0.6) is 0 Å². The van der Waals surface area contributed by atoms with Gasteiger partial charge in [-0.1, -0.05) is 6.58 Å². The summed E-state index contributed by atoms with van der Waals surface area (Å²) in [7, 11) is 0. The first-order chi connectivity index (χ1) is 5.66. The van der Waals surface area contributed by atoms with Gasteiger partial charge in [0.05, 0.1) is 18.0 Å². The third-order valence-corrected chi connectivity index (χ3v) is 1.29. The smallest absolute Gasteiger partial charge is 0.191 e. The number of pyridine rings is 1. The molecule has 1 aromatic heterocycles. The highest BCUT2D eigenvalue weighted by Crippen LogP contribution is 2.10. The Morgan fingerprint density at radius 3 is 2.33 bits per heavy atom. The van der Waals surface area contributed by atoms with Crippen molar-refractivity contribution in [3.05, 3.63) is 42.2 Å². The maximum atomic E-state index is 12.7. The minimum Gasteiger partial charge on any atom is -0.289 e. The van der Waals surface area contributed by atoms with E-state index in [0.29, 0.717) is 0 Å². The number of halogens is 2. The van der Waals surface area contributed by atoms with Crippen LogP contribution in [0.3, 0.4) is 0 Å². The molecule has 0 aliphatic carbocycles. The summed E-state index contributed by atoms with van der Waals surface area (Å²) in [5.41, 5.74) is -0.611. The third kappa shape index (κ3) is 1.37. The van der Waals surface area contributed by atoms with Crippen molar-refractivity contribution in [2.75, 3.05) is 0 Å². The number of allylic oxidation sites excluding steroid dienone is 1. The largest absolute Gasteiger partial charge is 0.289 e. The molecule has 4 heteroatoms. The standard InChI is InChI=1S/C8H5F2NO/c1-2-7(12)8-5(9)3-11-4-6(8)10/h2-4H,1H2. The van der Waals surface area contributed by atoms with Gasteiger partial charge in [0.1, 0.15) is 0 Å². The van der Waals surface area contributed by atoms with Gasteiger partial charge in [-0.3, -0.25) is 9.78 Å². The van der Waals surface area contributed by atoms with Gasteiger partial charge in [0.2, 0.25) is 0 Å². The van der Waals surface area contributed by atoms with Gasteiger partial charge < -0.3 is 0 Å². The van der Waals surface area contributed by atoms with Gasteiger partial charge in [0.15, 0.2) is 17.4 Å². The van der Waals surface area contributed by atoms with Crippen molar-refractivity contribution in [2.45, 2.75) is 0 Å².